The Morgan fingerprint density at radius 3 is 2.61 bits per heavy atom. The SMILES string of the molecule is CC1=NN(c2cccc(C(=O)OC(C)C)c2)C(=O)C1C(=O)Nc1cccc(-c2ccco2)c1. The van der Waals surface area contributed by atoms with Crippen molar-refractivity contribution in [3.05, 3.63) is 72.5 Å². The van der Waals surface area contributed by atoms with Gasteiger partial charge in [0.2, 0.25) is 5.91 Å². The number of anilines is 2. The van der Waals surface area contributed by atoms with E-state index in [1.807, 2.05) is 12.1 Å². The van der Waals surface area contributed by atoms with Crippen LogP contribution in [0.3, 0.4) is 0 Å². The number of nitrogens with zero attached hydrogens (tertiary/aromatic N) is 2. The molecular weight excluding hydrogens is 422 g/mol. The molecule has 33 heavy (non-hydrogen) atoms. The zero-order valence-electron chi connectivity index (χ0n) is 18.4. The maximum Gasteiger partial charge on any atom is 0.338 e. The van der Waals surface area contributed by atoms with Gasteiger partial charge >= 0.3 is 5.97 Å². The average Bonchev–Trinajstić information content (AvgIpc) is 3.42. The van der Waals surface area contributed by atoms with Crippen LogP contribution >= 0.6 is 0 Å². The smallest absolute Gasteiger partial charge is 0.338 e. The quantitative estimate of drug-likeness (QED) is 0.445. The van der Waals surface area contributed by atoms with E-state index in [1.165, 1.54) is 6.07 Å². The van der Waals surface area contributed by atoms with Crippen LogP contribution < -0.4 is 10.3 Å². The van der Waals surface area contributed by atoms with Gasteiger partial charge in [0, 0.05) is 11.3 Å². The highest BCUT2D eigenvalue weighted by molar-refractivity contribution is 6.28. The highest BCUT2D eigenvalue weighted by Crippen LogP contribution is 2.27. The fourth-order valence-electron chi connectivity index (χ4n) is 3.51. The lowest BCUT2D eigenvalue weighted by molar-refractivity contribution is -0.127. The molecule has 0 spiro atoms. The minimum Gasteiger partial charge on any atom is -0.464 e. The topological polar surface area (TPSA) is 101 Å². The maximum atomic E-state index is 13.1. The highest BCUT2D eigenvalue weighted by Gasteiger charge is 2.40. The zero-order valence-corrected chi connectivity index (χ0v) is 18.4. The second-order valence-electron chi connectivity index (χ2n) is 7.88. The van der Waals surface area contributed by atoms with E-state index < -0.39 is 23.7 Å². The van der Waals surface area contributed by atoms with E-state index in [4.69, 9.17) is 9.15 Å². The number of esters is 1. The average molecular weight is 445 g/mol. The summed E-state index contributed by atoms with van der Waals surface area (Å²) in [6, 6.07) is 17.2. The summed E-state index contributed by atoms with van der Waals surface area (Å²) in [5, 5.41) is 8.21. The third kappa shape index (κ3) is 4.69. The van der Waals surface area contributed by atoms with Crippen molar-refractivity contribution < 1.29 is 23.5 Å². The van der Waals surface area contributed by atoms with Crippen LogP contribution in [0, 0.1) is 5.92 Å². The standard InChI is InChI=1S/C25H23N3O5/c1-15(2)33-25(31)18-8-5-10-20(14-18)28-24(30)22(16(3)27-28)23(29)26-19-9-4-7-17(13-19)21-11-6-12-32-21/h4-15,22H,1-3H3,(H,26,29). The molecule has 8 heteroatoms. The Kier molecular flexibility index (Phi) is 6.08. The summed E-state index contributed by atoms with van der Waals surface area (Å²) < 4.78 is 10.6. The molecule has 1 aliphatic heterocycles. The Balaban J connectivity index is 1.51. The van der Waals surface area contributed by atoms with Gasteiger partial charge < -0.3 is 14.5 Å². The summed E-state index contributed by atoms with van der Waals surface area (Å²) >= 11 is 0. The molecule has 168 valence electrons. The molecule has 1 aliphatic rings. The molecule has 1 unspecified atom stereocenters. The first-order chi connectivity index (χ1) is 15.8. The third-order valence-electron chi connectivity index (χ3n) is 5.00. The zero-order chi connectivity index (χ0) is 23.5. The van der Waals surface area contributed by atoms with Crippen molar-refractivity contribution in [2.75, 3.05) is 10.3 Å². The normalized spacial score (nSPS) is 15.5. The summed E-state index contributed by atoms with van der Waals surface area (Å²) in [7, 11) is 0. The first-order valence-corrected chi connectivity index (χ1v) is 10.5. The molecule has 0 saturated carbocycles. The monoisotopic (exact) mass is 445 g/mol. The summed E-state index contributed by atoms with van der Waals surface area (Å²) in [6.45, 7) is 5.14. The molecule has 4 rings (SSSR count). The third-order valence-corrected chi connectivity index (χ3v) is 5.00. The number of furan rings is 1. The predicted molar refractivity (Wildman–Crippen MR) is 124 cm³/mol. The molecule has 2 amide bonds. The van der Waals surface area contributed by atoms with Gasteiger partial charge in [-0.25, -0.2) is 4.79 Å². The van der Waals surface area contributed by atoms with E-state index >= 15 is 0 Å². The Morgan fingerprint density at radius 2 is 1.88 bits per heavy atom. The van der Waals surface area contributed by atoms with Crippen molar-refractivity contribution >= 4 is 34.9 Å². The van der Waals surface area contributed by atoms with Gasteiger partial charge in [-0.2, -0.15) is 10.1 Å². The van der Waals surface area contributed by atoms with Crippen molar-refractivity contribution in [3.8, 4) is 11.3 Å². The molecule has 8 nitrogen and oxygen atoms in total. The van der Waals surface area contributed by atoms with Crippen LogP contribution in [0.1, 0.15) is 31.1 Å². The fourth-order valence-corrected chi connectivity index (χ4v) is 3.51. The van der Waals surface area contributed by atoms with Gasteiger partial charge in [0.15, 0.2) is 5.92 Å². The van der Waals surface area contributed by atoms with Gasteiger partial charge in [0.05, 0.1) is 29.3 Å². The van der Waals surface area contributed by atoms with Gasteiger partial charge in [-0.05, 0) is 63.2 Å². The van der Waals surface area contributed by atoms with E-state index in [1.54, 1.807) is 69.5 Å². The van der Waals surface area contributed by atoms with Crippen molar-refractivity contribution in [2.45, 2.75) is 26.9 Å². The Labute approximate surface area is 190 Å². The predicted octanol–water partition coefficient (Wildman–Crippen LogP) is 4.49. The largest absolute Gasteiger partial charge is 0.464 e. The molecule has 2 heterocycles. The van der Waals surface area contributed by atoms with Crippen LogP contribution in [-0.4, -0.2) is 29.6 Å². The fraction of sp³-hybridized carbons (Fsp3) is 0.200. The van der Waals surface area contributed by atoms with Crippen molar-refractivity contribution in [2.24, 2.45) is 11.0 Å². The first kappa shape index (κ1) is 22.0. The molecule has 0 radical (unpaired) electrons. The van der Waals surface area contributed by atoms with Crippen LogP contribution in [0.4, 0.5) is 11.4 Å². The number of carbonyl (C=O) groups is 3. The number of nitrogens with one attached hydrogen (secondary N) is 1. The number of carbonyl (C=O) groups excluding carboxylic acids is 3. The van der Waals surface area contributed by atoms with E-state index in [2.05, 4.69) is 10.4 Å². The molecule has 0 fully saturated rings. The van der Waals surface area contributed by atoms with Gasteiger partial charge in [0.25, 0.3) is 5.91 Å². The van der Waals surface area contributed by atoms with Crippen molar-refractivity contribution in [1.29, 1.82) is 0 Å². The lowest BCUT2D eigenvalue weighted by Crippen LogP contribution is -2.36. The molecular formula is C25H23N3O5. The van der Waals surface area contributed by atoms with Gasteiger partial charge in [-0.1, -0.05) is 18.2 Å². The molecule has 1 atom stereocenters. The summed E-state index contributed by atoms with van der Waals surface area (Å²) in [5.41, 5.74) is 2.37. The summed E-state index contributed by atoms with van der Waals surface area (Å²) in [6.07, 6.45) is 1.30. The lowest BCUT2D eigenvalue weighted by Gasteiger charge is -2.16. The Bertz CT molecular complexity index is 1230. The minimum absolute atomic E-state index is 0.269. The second-order valence-corrected chi connectivity index (χ2v) is 7.88. The number of ether oxygens (including phenoxy) is 1. The molecule has 1 N–H and O–H groups in total. The maximum absolute atomic E-state index is 13.1. The van der Waals surface area contributed by atoms with Crippen molar-refractivity contribution in [3.63, 3.8) is 0 Å². The number of rotatable bonds is 6. The molecule has 0 aliphatic carbocycles. The van der Waals surface area contributed by atoms with Crippen molar-refractivity contribution in [1.82, 2.24) is 0 Å². The van der Waals surface area contributed by atoms with Crippen LogP contribution in [-0.2, 0) is 14.3 Å². The van der Waals surface area contributed by atoms with Crippen LogP contribution in [0.2, 0.25) is 0 Å². The van der Waals surface area contributed by atoms with Gasteiger partial charge in [-0.15, -0.1) is 0 Å². The number of amides is 2. The minimum atomic E-state index is -1.08. The molecule has 2 aromatic carbocycles. The van der Waals surface area contributed by atoms with E-state index in [-0.39, 0.29) is 6.10 Å². The molecule has 0 bridgehead atoms. The van der Waals surface area contributed by atoms with Gasteiger partial charge in [0.1, 0.15) is 5.76 Å². The summed E-state index contributed by atoms with van der Waals surface area (Å²) in [4.78, 5) is 38.3. The molecule has 1 aromatic heterocycles. The highest BCUT2D eigenvalue weighted by atomic mass is 16.5. The number of benzene rings is 2. The van der Waals surface area contributed by atoms with Crippen LogP contribution in [0.25, 0.3) is 11.3 Å². The summed E-state index contributed by atoms with van der Waals surface area (Å²) in [5.74, 6) is -1.89. The number of hydrogen-bond donors (Lipinski definition) is 1. The first-order valence-electron chi connectivity index (χ1n) is 10.5. The number of hydrazone groups is 1. The Hall–Kier alpha value is -4.20. The lowest BCUT2D eigenvalue weighted by atomic mass is 10.0. The van der Waals surface area contributed by atoms with E-state index in [0.29, 0.717) is 28.4 Å². The number of hydrogen-bond acceptors (Lipinski definition) is 6. The molecule has 0 saturated heterocycles. The van der Waals surface area contributed by atoms with Gasteiger partial charge in [-0.3, -0.25) is 9.59 Å². The second kappa shape index (κ2) is 9.12. The van der Waals surface area contributed by atoms with Crippen LogP contribution in [0.15, 0.2) is 76.4 Å². The van der Waals surface area contributed by atoms with E-state index in [9.17, 15) is 14.4 Å². The van der Waals surface area contributed by atoms with E-state index in [0.717, 1.165) is 10.6 Å². The van der Waals surface area contributed by atoms with Crippen LogP contribution in [0.5, 0.6) is 0 Å². The molecule has 3 aromatic rings. The Morgan fingerprint density at radius 1 is 1.09 bits per heavy atom.